The third-order valence-corrected chi connectivity index (χ3v) is 6.84. The number of anilines is 2. The minimum atomic E-state index is -1.08. The molecule has 11 heteroatoms. The quantitative estimate of drug-likeness (QED) is 0.176. The number of hydrogen-bond acceptors (Lipinski definition) is 7. The van der Waals surface area contributed by atoms with Crippen LogP contribution in [-0.2, 0) is 0 Å². The largest absolute Gasteiger partial charge is 0.478 e. The molecule has 0 spiro atoms. The van der Waals surface area contributed by atoms with E-state index < -0.39 is 5.97 Å². The summed E-state index contributed by atoms with van der Waals surface area (Å²) in [7, 11) is 0. The van der Waals surface area contributed by atoms with E-state index in [-0.39, 0.29) is 23.1 Å². The van der Waals surface area contributed by atoms with E-state index in [0.29, 0.717) is 39.7 Å². The molecule has 4 aromatic carbocycles. The summed E-state index contributed by atoms with van der Waals surface area (Å²) in [5.74, 6) is -1.49. The van der Waals surface area contributed by atoms with Crippen LogP contribution < -0.4 is 10.4 Å². The molecule has 9 nitrogen and oxygen atoms in total. The van der Waals surface area contributed by atoms with Gasteiger partial charge in [-0.25, -0.2) is 33.5 Å². The van der Waals surface area contributed by atoms with Crippen LogP contribution in [0.3, 0.4) is 0 Å². The molecule has 0 bridgehead atoms. The van der Waals surface area contributed by atoms with Crippen molar-refractivity contribution in [2.45, 2.75) is 13.8 Å². The van der Waals surface area contributed by atoms with Crippen molar-refractivity contribution in [3.05, 3.63) is 156 Å². The number of para-hydroxylation sites is 2. The van der Waals surface area contributed by atoms with Crippen LogP contribution in [0.15, 0.2) is 122 Å². The number of carboxylic acid groups (broad SMARTS) is 1. The summed E-state index contributed by atoms with van der Waals surface area (Å²) < 4.78 is 26.5. The molecule has 6 rings (SSSR count). The van der Waals surface area contributed by atoms with Gasteiger partial charge in [0.2, 0.25) is 0 Å². The Morgan fingerprint density at radius 3 is 1.49 bits per heavy atom. The molecule has 6 aromatic rings. The highest BCUT2D eigenvalue weighted by Gasteiger charge is 2.18. The standard InChI is InChI=1S/C24H19FN4O.C12H9FN2O2/c1-17-22(16-26-23(27-17)18-9-8-10-19(25)15-18)24(30)28-29(20-11-4-2-5-12-20)21-13-6-3-7-14-21;1-7-10(12(16)17)6-14-11(15-7)8-3-2-4-9(13)5-8/h2-16H,1H3,(H,28,30);2-6H,1H3,(H,16,17). The number of nitrogens with zero attached hydrogens (tertiary/aromatic N) is 5. The number of benzene rings is 4. The molecule has 0 radical (unpaired) electrons. The number of aryl methyl sites for hydroxylation is 2. The zero-order valence-electron chi connectivity index (χ0n) is 25.3. The molecule has 2 heterocycles. The Morgan fingerprint density at radius 2 is 1.09 bits per heavy atom. The lowest BCUT2D eigenvalue weighted by Gasteiger charge is -2.25. The van der Waals surface area contributed by atoms with Gasteiger partial charge in [0, 0.05) is 23.5 Å². The highest BCUT2D eigenvalue weighted by atomic mass is 19.1. The summed E-state index contributed by atoms with van der Waals surface area (Å²) >= 11 is 0. The fraction of sp³-hybridized carbons (Fsp3) is 0.0556. The first-order valence-corrected chi connectivity index (χ1v) is 14.3. The number of carbonyl (C=O) groups excluding carboxylic acids is 1. The number of aromatic nitrogens is 4. The molecule has 2 aromatic heterocycles. The van der Waals surface area contributed by atoms with Gasteiger partial charge in [0.1, 0.15) is 11.6 Å². The Kier molecular flexibility index (Phi) is 9.96. The van der Waals surface area contributed by atoms with E-state index in [2.05, 4.69) is 25.4 Å². The maximum absolute atomic E-state index is 13.5. The van der Waals surface area contributed by atoms with Crippen molar-refractivity contribution in [3.8, 4) is 22.8 Å². The van der Waals surface area contributed by atoms with Crippen molar-refractivity contribution in [1.82, 2.24) is 25.4 Å². The number of amides is 1. The van der Waals surface area contributed by atoms with Gasteiger partial charge < -0.3 is 5.11 Å². The molecule has 234 valence electrons. The number of aromatic carboxylic acids is 1. The second-order valence-corrected chi connectivity index (χ2v) is 10.2. The third kappa shape index (κ3) is 8.03. The fourth-order valence-electron chi connectivity index (χ4n) is 4.49. The first-order valence-electron chi connectivity index (χ1n) is 14.3. The van der Waals surface area contributed by atoms with Crippen molar-refractivity contribution in [2.24, 2.45) is 0 Å². The lowest BCUT2D eigenvalue weighted by Crippen LogP contribution is -2.39. The maximum Gasteiger partial charge on any atom is 0.339 e. The minimum Gasteiger partial charge on any atom is -0.478 e. The van der Waals surface area contributed by atoms with E-state index in [1.807, 2.05) is 60.7 Å². The Labute approximate surface area is 269 Å². The predicted octanol–water partition coefficient (Wildman–Crippen LogP) is 7.36. The zero-order valence-corrected chi connectivity index (χ0v) is 25.3. The Bertz CT molecular complexity index is 1990. The second kappa shape index (κ2) is 14.6. The normalized spacial score (nSPS) is 10.4. The number of hydrazine groups is 1. The molecule has 0 atom stereocenters. The van der Waals surface area contributed by atoms with E-state index >= 15 is 0 Å². The zero-order chi connectivity index (χ0) is 33.3. The lowest BCUT2D eigenvalue weighted by atomic mass is 10.2. The smallest absolute Gasteiger partial charge is 0.339 e. The van der Waals surface area contributed by atoms with Gasteiger partial charge in [-0.05, 0) is 62.4 Å². The van der Waals surface area contributed by atoms with Crippen LogP contribution in [0.2, 0.25) is 0 Å². The molecule has 0 fully saturated rings. The van der Waals surface area contributed by atoms with Gasteiger partial charge in [-0.1, -0.05) is 60.7 Å². The molecule has 0 unspecified atom stereocenters. The molecule has 1 amide bonds. The highest BCUT2D eigenvalue weighted by Crippen LogP contribution is 2.24. The van der Waals surface area contributed by atoms with Crippen molar-refractivity contribution in [1.29, 1.82) is 0 Å². The summed E-state index contributed by atoms with van der Waals surface area (Å²) in [6.45, 7) is 3.31. The average molecular weight is 631 g/mol. The van der Waals surface area contributed by atoms with Crippen molar-refractivity contribution in [3.63, 3.8) is 0 Å². The van der Waals surface area contributed by atoms with Gasteiger partial charge in [-0.3, -0.25) is 15.2 Å². The van der Waals surface area contributed by atoms with E-state index in [9.17, 15) is 18.4 Å². The van der Waals surface area contributed by atoms with E-state index in [1.165, 1.54) is 36.7 Å². The van der Waals surface area contributed by atoms with Gasteiger partial charge in [0.25, 0.3) is 5.91 Å². The predicted molar refractivity (Wildman–Crippen MR) is 174 cm³/mol. The summed E-state index contributed by atoms with van der Waals surface area (Å²) in [4.78, 5) is 40.4. The number of hydrogen-bond donors (Lipinski definition) is 2. The van der Waals surface area contributed by atoms with Crippen LogP contribution in [0.1, 0.15) is 32.1 Å². The number of rotatable bonds is 7. The minimum absolute atomic E-state index is 0.0464. The Balaban J connectivity index is 0.000000216. The monoisotopic (exact) mass is 630 g/mol. The Hall–Kier alpha value is -6.36. The Morgan fingerprint density at radius 1 is 0.638 bits per heavy atom. The molecule has 2 N–H and O–H groups in total. The summed E-state index contributed by atoms with van der Waals surface area (Å²) in [6.07, 6.45) is 2.69. The summed E-state index contributed by atoms with van der Waals surface area (Å²) in [5.41, 5.74) is 6.87. The number of carboxylic acids is 1. The van der Waals surface area contributed by atoms with E-state index in [4.69, 9.17) is 5.11 Å². The van der Waals surface area contributed by atoms with Crippen LogP contribution >= 0.6 is 0 Å². The van der Waals surface area contributed by atoms with Gasteiger partial charge in [-0.15, -0.1) is 0 Å². The lowest BCUT2D eigenvalue weighted by molar-refractivity contribution is 0.0694. The highest BCUT2D eigenvalue weighted by molar-refractivity contribution is 5.96. The molecule has 47 heavy (non-hydrogen) atoms. The van der Waals surface area contributed by atoms with Gasteiger partial charge in [-0.2, -0.15) is 0 Å². The van der Waals surface area contributed by atoms with E-state index in [1.54, 1.807) is 43.1 Å². The molecule has 0 aliphatic rings. The third-order valence-electron chi connectivity index (χ3n) is 6.84. The first-order chi connectivity index (χ1) is 22.7. The second-order valence-electron chi connectivity index (χ2n) is 10.2. The van der Waals surface area contributed by atoms with Crippen molar-refractivity contribution < 1.29 is 23.5 Å². The van der Waals surface area contributed by atoms with Crippen LogP contribution in [0.25, 0.3) is 22.8 Å². The van der Waals surface area contributed by atoms with Crippen LogP contribution in [0.5, 0.6) is 0 Å². The number of halogens is 2. The molecular formula is C36H28F2N6O3. The molecule has 0 aliphatic carbocycles. The van der Waals surface area contributed by atoms with Crippen LogP contribution in [-0.4, -0.2) is 36.9 Å². The van der Waals surface area contributed by atoms with Crippen LogP contribution in [0, 0.1) is 25.5 Å². The maximum atomic E-state index is 13.5. The molecule has 0 aliphatic heterocycles. The van der Waals surface area contributed by atoms with Crippen molar-refractivity contribution >= 4 is 23.3 Å². The number of carbonyl (C=O) groups is 2. The molecule has 0 saturated heterocycles. The number of nitrogens with one attached hydrogen (secondary N) is 1. The SMILES string of the molecule is Cc1nc(-c2cccc(F)c2)ncc1C(=O)NN(c1ccccc1)c1ccccc1.Cc1nc(-c2cccc(F)c2)ncc1C(=O)O. The fourth-order valence-corrected chi connectivity index (χ4v) is 4.49. The summed E-state index contributed by atoms with van der Waals surface area (Å²) in [5, 5.41) is 10.5. The molecular weight excluding hydrogens is 602 g/mol. The van der Waals surface area contributed by atoms with Gasteiger partial charge in [0.05, 0.1) is 33.9 Å². The average Bonchev–Trinajstić information content (AvgIpc) is 3.08. The molecule has 0 saturated carbocycles. The van der Waals surface area contributed by atoms with Gasteiger partial charge in [0.15, 0.2) is 11.6 Å². The van der Waals surface area contributed by atoms with Crippen LogP contribution in [0.4, 0.5) is 20.2 Å². The topological polar surface area (TPSA) is 121 Å². The van der Waals surface area contributed by atoms with E-state index in [0.717, 1.165) is 11.4 Å². The van der Waals surface area contributed by atoms with Crippen molar-refractivity contribution in [2.75, 3.05) is 5.01 Å². The summed E-state index contributed by atoms with van der Waals surface area (Å²) in [6, 6.07) is 30.9. The van der Waals surface area contributed by atoms with Gasteiger partial charge >= 0.3 is 5.97 Å². The first kappa shape index (κ1) is 32.0.